The average molecular weight is 251 g/mol. The zero-order valence-electron chi connectivity index (χ0n) is 11.9. The third-order valence-corrected chi connectivity index (χ3v) is 3.42. The van der Waals surface area contributed by atoms with E-state index in [1.165, 1.54) is 0 Å². The number of hydrogen-bond donors (Lipinski definition) is 1. The second-order valence-electron chi connectivity index (χ2n) is 4.84. The number of hydrogen-bond acceptors (Lipinski definition) is 3. The average Bonchev–Trinajstić information content (AvgIpc) is 2.38. The first kappa shape index (κ1) is 15.0. The van der Waals surface area contributed by atoms with Crippen molar-refractivity contribution < 1.29 is 9.84 Å². The number of ether oxygens (including phenoxy) is 1. The molecule has 1 rings (SSSR count). The van der Waals surface area contributed by atoms with Gasteiger partial charge in [0.15, 0.2) is 0 Å². The highest BCUT2D eigenvalue weighted by atomic mass is 16.5. The van der Waals surface area contributed by atoms with Gasteiger partial charge in [0.1, 0.15) is 5.75 Å². The van der Waals surface area contributed by atoms with Crippen molar-refractivity contribution in [2.45, 2.75) is 38.8 Å². The van der Waals surface area contributed by atoms with Gasteiger partial charge in [-0.05, 0) is 26.5 Å². The Balaban J connectivity index is 2.67. The van der Waals surface area contributed by atoms with Crippen LogP contribution >= 0.6 is 0 Å². The normalized spacial score (nSPS) is 14.6. The Morgan fingerprint density at radius 1 is 1.33 bits per heavy atom. The molecule has 0 saturated heterocycles. The van der Waals surface area contributed by atoms with Crippen LogP contribution in [0.4, 0.5) is 0 Å². The number of para-hydroxylation sites is 1. The summed E-state index contributed by atoms with van der Waals surface area (Å²) in [6.45, 7) is 5.00. The zero-order chi connectivity index (χ0) is 13.5. The summed E-state index contributed by atoms with van der Waals surface area (Å²) >= 11 is 0. The summed E-state index contributed by atoms with van der Waals surface area (Å²) in [5.74, 6) is 0.751. The maximum Gasteiger partial charge on any atom is 0.124 e. The number of benzene rings is 1. The Labute approximate surface area is 110 Å². The minimum absolute atomic E-state index is 0.486. The maximum atomic E-state index is 10.3. The molecule has 3 heteroatoms. The minimum Gasteiger partial charge on any atom is -0.496 e. The first-order chi connectivity index (χ1) is 8.60. The van der Waals surface area contributed by atoms with Gasteiger partial charge in [0.25, 0.3) is 0 Å². The molecule has 0 aliphatic heterocycles. The lowest BCUT2D eigenvalue weighted by molar-refractivity contribution is 0.104. The molecule has 0 fully saturated rings. The largest absolute Gasteiger partial charge is 0.496 e. The molecule has 0 aliphatic rings. The van der Waals surface area contributed by atoms with E-state index in [1.54, 1.807) is 7.11 Å². The van der Waals surface area contributed by atoms with Gasteiger partial charge in [0, 0.05) is 18.2 Å². The van der Waals surface area contributed by atoms with E-state index in [9.17, 15) is 5.11 Å². The number of methoxy groups -OCH3 is 1. The molecule has 18 heavy (non-hydrogen) atoms. The predicted octanol–water partition coefficient (Wildman–Crippen LogP) is 2.85. The molecule has 0 aromatic heterocycles. The van der Waals surface area contributed by atoms with Crippen LogP contribution in [0.1, 0.15) is 38.4 Å². The van der Waals surface area contributed by atoms with Crippen LogP contribution in [-0.4, -0.2) is 36.8 Å². The van der Waals surface area contributed by atoms with Crippen LogP contribution in [0.25, 0.3) is 0 Å². The molecule has 0 spiro atoms. The molecule has 3 nitrogen and oxygen atoms in total. The first-order valence-electron chi connectivity index (χ1n) is 6.61. The van der Waals surface area contributed by atoms with E-state index in [1.807, 2.05) is 24.3 Å². The van der Waals surface area contributed by atoms with E-state index in [4.69, 9.17) is 4.74 Å². The van der Waals surface area contributed by atoms with E-state index in [2.05, 4.69) is 25.8 Å². The molecule has 2 atom stereocenters. The number of rotatable bonds is 7. The predicted molar refractivity (Wildman–Crippen MR) is 75.0 cm³/mol. The van der Waals surface area contributed by atoms with Gasteiger partial charge in [-0.25, -0.2) is 0 Å². The van der Waals surface area contributed by atoms with Crippen LogP contribution in [-0.2, 0) is 0 Å². The fourth-order valence-electron chi connectivity index (χ4n) is 2.13. The van der Waals surface area contributed by atoms with Crippen LogP contribution in [0.3, 0.4) is 0 Å². The third kappa shape index (κ3) is 4.00. The summed E-state index contributed by atoms with van der Waals surface area (Å²) < 4.78 is 5.28. The van der Waals surface area contributed by atoms with Crippen LogP contribution in [0.15, 0.2) is 24.3 Å². The topological polar surface area (TPSA) is 32.7 Å². The van der Waals surface area contributed by atoms with Gasteiger partial charge in [0.2, 0.25) is 0 Å². The van der Waals surface area contributed by atoms with E-state index < -0.39 is 6.10 Å². The number of aliphatic hydroxyl groups excluding tert-OH is 1. The second kappa shape index (κ2) is 7.39. The highest BCUT2D eigenvalue weighted by molar-refractivity contribution is 5.35. The fourth-order valence-corrected chi connectivity index (χ4v) is 2.13. The summed E-state index contributed by atoms with van der Waals surface area (Å²) in [4.78, 5) is 2.20. The molecule has 0 radical (unpaired) electrons. The molecule has 102 valence electrons. The Morgan fingerprint density at radius 2 is 2.00 bits per heavy atom. The maximum absolute atomic E-state index is 10.3. The van der Waals surface area contributed by atoms with Crippen molar-refractivity contribution in [2.24, 2.45) is 0 Å². The lowest BCUT2D eigenvalue weighted by Gasteiger charge is -2.27. The number of aliphatic hydroxyl groups is 1. The summed E-state index contributed by atoms with van der Waals surface area (Å²) in [7, 11) is 3.69. The molecule has 1 aromatic rings. The summed E-state index contributed by atoms with van der Waals surface area (Å²) in [6.07, 6.45) is 1.80. The molecular weight excluding hydrogens is 226 g/mol. The van der Waals surface area contributed by atoms with Crippen molar-refractivity contribution in [3.63, 3.8) is 0 Å². The second-order valence-corrected chi connectivity index (χ2v) is 4.84. The van der Waals surface area contributed by atoms with Crippen molar-refractivity contribution in [3.8, 4) is 5.75 Å². The Morgan fingerprint density at radius 3 is 2.61 bits per heavy atom. The fraction of sp³-hybridized carbons (Fsp3) is 0.600. The SMILES string of the molecule is CCCC(C)N(C)CC(O)c1ccccc1OC. The van der Waals surface area contributed by atoms with Crippen molar-refractivity contribution in [1.82, 2.24) is 4.90 Å². The van der Waals surface area contributed by atoms with Gasteiger partial charge in [-0.3, -0.25) is 0 Å². The molecule has 0 heterocycles. The Kier molecular flexibility index (Phi) is 6.16. The van der Waals surface area contributed by atoms with E-state index in [0.29, 0.717) is 12.6 Å². The zero-order valence-corrected chi connectivity index (χ0v) is 11.9. The minimum atomic E-state index is -0.509. The Hall–Kier alpha value is -1.06. The number of likely N-dealkylation sites (N-methyl/N-ethyl adjacent to an activating group) is 1. The lowest BCUT2D eigenvalue weighted by Crippen LogP contribution is -2.32. The highest BCUT2D eigenvalue weighted by Crippen LogP contribution is 2.25. The smallest absolute Gasteiger partial charge is 0.124 e. The molecular formula is C15H25NO2. The highest BCUT2D eigenvalue weighted by Gasteiger charge is 2.17. The summed E-state index contributed by atoms with van der Waals surface area (Å²) in [6, 6.07) is 8.13. The van der Waals surface area contributed by atoms with E-state index in [-0.39, 0.29) is 0 Å². The molecule has 1 N–H and O–H groups in total. The van der Waals surface area contributed by atoms with Gasteiger partial charge < -0.3 is 14.7 Å². The molecule has 2 unspecified atom stereocenters. The monoisotopic (exact) mass is 251 g/mol. The lowest BCUT2D eigenvalue weighted by atomic mass is 10.1. The van der Waals surface area contributed by atoms with Crippen molar-refractivity contribution in [1.29, 1.82) is 0 Å². The molecule has 0 aliphatic carbocycles. The quantitative estimate of drug-likeness (QED) is 0.809. The molecule has 0 amide bonds. The van der Waals surface area contributed by atoms with Crippen molar-refractivity contribution in [3.05, 3.63) is 29.8 Å². The van der Waals surface area contributed by atoms with Crippen LogP contribution in [0, 0.1) is 0 Å². The van der Waals surface area contributed by atoms with Gasteiger partial charge in [-0.1, -0.05) is 31.5 Å². The molecule has 1 aromatic carbocycles. The summed E-state index contributed by atoms with van der Waals surface area (Å²) in [5.41, 5.74) is 0.857. The van der Waals surface area contributed by atoms with Gasteiger partial charge in [0.05, 0.1) is 13.2 Å². The van der Waals surface area contributed by atoms with Gasteiger partial charge in [-0.2, -0.15) is 0 Å². The van der Waals surface area contributed by atoms with Crippen LogP contribution in [0.2, 0.25) is 0 Å². The van der Waals surface area contributed by atoms with Crippen LogP contribution in [0.5, 0.6) is 5.75 Å². The molecule has 0 bridgehead atoms. The van der Waals surface area contributed by atoms with Crippen molar-refractivity contribution in [2.75, 3.05) is 20.7 Å². The third-order valence-electron chi connectivity index (χ3n) is 3.42. The standard InChI is InChI=1S/C15H25NO2/c1-5-8-12(2)16(3)11-14(17)13-9-6-7-10-15(13)18-4/h6-7,9-10,12,14,17H,5,8,11H2,1-4H3. The first-order valence-corrected chi connectivity index (χ1v) is 6.61. The van der Waals surface area contributed by atoms with Gasteiger partial charge in [-0.15, -0.1) is 0 Å². The summed E-state index contributed by atoms with van der Waals surface area (Å²) in [5, 5.41) is 10.3. The number of nitrogens with zero attached hydrogens (tertiary/aromatic N) is 1. The Bertz CT molecular complexity index is 354. The van der Waals surface area contributed by atoms with Crippen LogP contribution < -0.4 is 4.74 Å². The molecule has 0 saturated carbocycles. The van der Waals surface area contributed by atoms with Gasteiger partial charge >= 0.3 is 0 Å². The van der Waals surface area contributed by atoms with E-state index >= 15 is 0 Å². The van der Waals surface area contributed by atoms with E-state index in [0.717, 1.165) is 24.2 Å². The van der Waals surface area contributed by atoms with Crippen molar-refractivity contribution >= 4 is 0 Å².